The second-order valence-electron chi connectivity index (χ2n) is 4.32. The van der Waals surface area contributed by atoms with Gasteiger partial charge in [-0.15, -0.1) is 0 Å². The number of thioether (sulfide) groups is 1. The first-order chi connectivity index (χ1) is 8.15. The van der Waals surface area contributed by atoms with E-state index in [4.69, 9.17) is 0 Å². The Hall–Kier alpha value is -0.610. The number of hydrogen-bond donors (Lipinski definition) is 1. The number of nitrogens with one attached hydrogen (secondary N) is 1. The van der Waals surface area contributed by atoms with Gasteiger partial charge < -0.3 is 5.32 Å². The lowest BCUT2D eigenvalue weighted by Gasteiger charge is -2.12. The van der Waals surface area contributed by atoms with E-state index in [1.54, 1.807) is 11.8 Å². The minimum Gasteiger partial charge on any atom is -0.317 e. The molecule has 0 aromatic carbocycles. The van der Waals surface area contributed by atoms with Crippen molar-refractivity contribution in [3.8, 4) is 0 Å². The van der Waals surface area contributed by atoms with Crippen molar-refractivity contribution in [3.05, 3.63) is 17.5 Å². The summed E-state index contributed by atoms with van der Waals surface area (Å²) in [4.78, 5) is 8.85. The van der Waals surface area contributed by atoms with Gasteiger partial charge in [0.15, 0.2) is 5.16 Å². The molecule has 0 spiro atoms. The third-order valence-corrected chi connectivity index (χ3v) is 3.72. The lowest BCUT2D eigenvalue weighted by Crippen LogP contribution is -2.23. The SMILES string of the molecule is CCC(CCCSc1nc(C)cc(C)n1)NC. The highest BCUT2D eigenvalue weighted by Gasteiger charge is 2.04. The van der Waals surface area contributed by atoms with E-state index in [9.17, 15) is 0 Å². The lowest BCUT2D eigenvalue weighted by atomic mass is 10.1. The third kappa shape index (κ3) is 5.50. The summed E-state index contributed by atoms with van der Waals surface area (Å²) in [6.45, 7) is 6.26. The van der Waals surface area contributed by atoms with Gasteiger partial charge in [0.2, 0.25) is 0 Å². The quantitative estimate of drug-likeness (QED) is 0.460. The molecule has 0 bridgehead atoms. The van der Waals surface area contributed by atoms with Crippen LogP contribution in [0, 0.1) is 13.8 Å². The Morgan fingerprint density at radius 1 is 1.29 bits per heavy atom. The van der Waals surface area contributed by atoms with Gasteiger partial charge in [-0.25, -0.2) is 9.97 Å². The molecule has 1 rings (SSSR count). The summed E-state index contributed by atoms with van der Waals surface area (Å²) in [5.41, 5.74) is 2.11. The fourth-order valence-corrected chi connectivity index (χ4v) is 2.71. The predicted molar refractivity (Wildman–Crippen MR) is 74.6 cm³/mol. The van der Waals surface area contributed by atoms with Crippen LogP contribution in [0.1, 0.15) is 37.6 Å². The maximum absolute atomic E-state index is 4.43. The number of aromatic nitrogens is 2. The zero-order valence-electron chi connectivity index (χ0n) is 11.3. The van der Waals surface area contributed by atoms with Crippen molar-refractivity contribution in [2.45, 2.75) is 51.2 Å². The van der Waals surface area contributed by atoms with E-state index >= 15 is 0 Å². The molecular formula is C13H23N3S. The van der Waals surface area contributed by atoms with Crippen LogP contribution in [0.25, 0.3) is 0 Å². The fraction of sp³-hybridized carbons (Fsp3) is 0.692. The highest BCUT2D eigenvalue weighted by molar-refractivity contribution is 7.99. The van der Waals surface area contributed by atoms with Crippen LogP contribution in [-0.4, -0.2) is 28.8 Å². The lowest BCUT2D eigenvalue weighted by molar-refractivity contribution is 0.504. The van der Waals surface area contributed by atoms with Crippen LogP contribution < -0.4 is 5.32 Å². The molecule has 0 saturated carbocycles. The molecule has 1 unspecified atom stereocenters. The minimum absolute atomic E-state index is 0.649. The average molecular weight is 253 g/mol. The third-order valence-electron chi connectivity index (χ3n) is 2.79. The minimum atomic E-state index is 0.649. The number of rotatable bonds is 7. The summed E-state index contributed by atoms with van der Waals surface area (Å²) < 4.78 is 0. The standard InChI is InChI=1S/C13H23N3S/c1-5-12(14-4)7-6-8-17-13-15-10(2)9-11(3)16-13/h9,12,14H,5-8H2,1-4H3. The van der Waals surface area contributed by atoms with Gasteiger partial charge in [-0.05, 0) is 46.2 Å². The molecule has 0 aliphatic heterocycles. The number of nitrogens with zero attached hydrogens (tertiary/aromatic N) is 2. The van der Waals surface area contributed by atoms with E-state index in [1.165, 1.54) is 19.3 Å². The molecule has 1 aromatic rings. The molecule has 0 amide bonds. The Labute approximate surface area is 109 Å². The van der Waals surface area contributed by atoms with E-state index in [1.807, 2.05) is 27.0 Å². The Kier molecular flexibility index (Phi) is 6.52. The highest BCUT2D eigenvalue weighted by Crippen LogP contribution is 2.16. The molecule has 1 N–H and O–H groups in total. The van der Waals surface area contributed by atoms with Crippen molar-refractivity contribution in [3.63, 3.8) is 0 Å². The summed E-state index contributed by atoms with van der Waals surface area (Å²) in [5.74, 6) is 1.10. The van der Waals surface area contributed by atoms with Crippen LogP contribution >= 0.6 is 11.8 Å². The molecule has 0 aliphatic carbocycles. The highest BCUT2D eigenvalue weighted by atomic mass is 32.2. The van der Waals surface area contributed by atoms with Crippen LogP contribution in [0.15, 0.2) is 11.2 Å². The van der Waals surface area contributed by atoms with E-state index in [2.05, 4.69) is 22.2 Å². The normalized spacial score (nSPS) is 12.7. The van der Waals surface area contributed by atoms with Gasteiger partial charge in [0.1, 0.15) is 0 Å². The molecule has 1 atom stereocenters. The molecule has 0 saturated heterocycles. The van der Waals surface area contributed by atoms with Gasteiger partial charge in [0, 0.05) is 23.2 Å². The van der Waals surface area contributed by atoms with Crippen LogP contribution in [-0.2, 0) is 0 Å². The average Bonchev–Trinajstić information content (AvgIpc) is 2.28. The predicted octanol–water partition coefficient (Wildman–Crippen LogP) is 2.96. The molecule has 1 aromatic heterocycles. The van der Waals surface area contributed by atoms with Crippen molar-refractivity contribution in [2.24, 2.45) is 0 Å². The Morgan fingerprint density at radius 2 is 1.94 bits per heavy atom. The van der Waals surface area contributed by atoms with Crippen molar-refractivity contribution in [1.29, 1.82) is 0 Å². The largest absolute Gasteiger partial charge is 0.317 e. The van der Waals surface area contributed by atoms with E-state index < -0.39 is 0 Å². The Bertz CT molecular complexity index is 317. The molecule has 1 heterocycles. The summed E-state index contributed by atoms with van der Waals surface area (Å²) in [7, 11) is 2.04. The first kappa shape index (κ1) is 14.5. The van der Waals surface area contributed by atoms with Crippen molar-refractivity contribution < 1.29 is 0 Å². The van der Waals surface area contributed by atoms with Crippen LogP contribution in [0.4, 0.5) is 0 Å². The summed E-state index contributed by atoms with van der Waals surface area (Å²) >= 11 is 1.76. The summed E-state index contributed by atoms with van der Waals surface area (Å²) in [5, 5.41) is 4.24. The maximum Gasteiger partial charge on any atom is 0.187 e. The molecule has 3 nitrogen and oxygen atoms in total. The van der Waals surface area contributed by atoms with Gasteiger partial charge >= 0.3 is 0 Å². The monoisotopic (exact) mass is 253 g/mol. The van der Waals surface area contributed by atoms with E-state index in [0.29, 0.717) is 6.04 Å². The molecule has 96 valence electrons. The summed E-state index contributed by atoms with van der Waals surface area (Å²) in [6.07, 6.45) is 3.63. The Balaban J connectivity index is 2.31. The van der Waals surface area contributed by atoms with E-state index in [0.717, 1.165) is 22.3 Å². The molecule has 0 radical (unpaired) electrons. The second-order valence-corrected chi connectivity index (χ2v) is 5.38. The zero-order chi connectivity index (χ0) is 12.7. The van der Waals surface area contributed by atoms with Crippen LogP contribution in [0.3, 0.4) is 0 Å². The fourth-order valence-electron chi connectivity index (χ4n) is 1.80. The topological polar surface area (TPSA) is 37.8 Å². The molecule has 17 heavy (non-hydrogen) atoms. The molecule has 4 heteroatoms. The van der Waals surface area contributed by atoms with Gasteiger partial charge in [-0.1, -0.05) is 18.7 Å². The smallest absolute Gasteiger partial charge is 0.187 e. The first-order valence-corrected chi connectivity index (χ1v) is 7.26. The first-order valence-electron chi connectivity index (χ1n) is 6.28. The Morgan fingerprint density at radius 3 is 2.47 bits per heavy atom. The maximum atomic E-state index is 4.43. The molecular weight excluding hydrogens is 230 g/mol. The van der Waals surface area contributed by atoms with Crippen LogP contribution in [0.2, 0.25) is 0 Å². The van der Waals surface area contributed by atoms with Gasteiger partial charge in [0.25, 0.3) is 0 Å². The van der Waals surface area contributed by atoms with Crippen LogP contribution in [0.5, 0.6) is 0 Å². The second kappa shape index (κ2) is 7.67. The number of hydrogen-bond acceptors (Lipinski definition) is 4. The zero-order valence-corrected chi connectivity index (χ0v) is 12.1. The number of aryl methyl sites for hydroxylation is 2. The summed E-state index contributed by atoms with van der Waals surface area (Å²) in [6, 6.07) is 2.66. The van der Waals surface area contributed by atoms with E-state index in [-0.39, 0.29) is 0 Å². The van der Waals surface area contributed by atoms with Crippen molar-refractivity contribution in [1.82, 2.24) is 15.3 Å². The van der Waals surface area contributed by atoms with Gasteiger partial charge in [-0.2, -0.15) is 0 Å². The molecule has 0 aliphatic rings. The van der Waals surface area contributed by atoms with Gasteiger partial charge in [-0.3, -0.25) is 0 Å². The van der Waals surface area contributed by atoms with Crippen molar-refractivity contribution in [2.75, 3.05) is 12.8 Å². The molecule has 0 fully saturated rings. The van der Waals surface area contributed by atoms with Gasteiger partial charge in [0.05, 0.1) is 0 Å². The van der Waals surface area contributed by atoms with Crippen molar-refractivity contribution >= 4 is 11.8 Å².